The van der Waals surface area contributed by atoms with Crippen LogP contribution in [0, 0.1) is 0 Å². The molecule has 3 heteroatoms. The Morgan fingerprint density at radius 1 is 1.05 bits per heavy atom. The van der Waals surface area contributed by atoms with E-state index in [-0.39, 0.29) is 5.75 Å². The lowest BCUT2D eigenvalue weighted by Gasteiger charge is -2.07. The number of phenols is 1. The maximum atomic E-state index is 9.92. The quantitative estimate of drug-likeness (QED) is 0.787. The largest absolute Gasteiger partial charge is 0.508 e. The summed E-state index contributed by atoms with van der Waals surface area (Å²) in [4.78, 5) is 4.62. The first kappa shape index (κ1) is 12.5. The lowest BCUT2D eigenvalue weighted by Crippen LogP contribution is -1.94. The number of methoxy groups -OCH3 is 1. The van der Waals surface area contributed by atoms with Gasteiger partial charge in [-0.2, -0.15) is 0 Å². The molecule has 3 rings (SSSR count). The van der Waals surface area contributed by atoms with Crippen LogP contribution in [-0.2, 0) is 6.42 Å². The van der Waals surface area contributed by atoms with Gasteiger partial charge in [0.1, 0.15) is 11.5 Å². The maximum absolute atomic E-state index is 9.92. The molecule has 2 aromatic carbocycles. The minimum Gasteiger partial charge on any atom is -0.508 e. The molecule has 0 aliphatic rings. The summed E-state index contributed by atoms with van der Waals surface area (Å²) in [6.07, 6.45) is 0.577. The topological polar surface area (TPSA) is 42.4 Å². The average molecular weight is 265 g/mol. The summed E-state index contributed by atoms with van der Waals surface area (Å²) in [5.41, 5.74) is 2.70. The first-order chi connectivity index (χ1) is 9.76. The summed E-state index contributed by atoms with van der Waals surface area (Å²) in [7, 11) is 1.62. The molecule has 0 unspecified atom stereocenters. The van der Waals surface area contributed by atoms with Crippen LogP contribution in [0.15, 0.2) is 54.6 Å². The molecule has 0 saturated heterocycles. The van der Waals surface area contributed by atoms with Crippen LogP contribution in [0.2, 0.25) is 0 Å². The lowest BCUT2D eigenvalue weighted by molar-refractivity contribution is 0.411. The predicted molar refractivity (Wildman–Crippen MR) is 79.2 cm³/mol. The Labute approximate surface area is 117 Å². The minimum atomic E-state index is 0.265. The van der Waals surface area contributed by atoms with Gasteiger partial charge in [-0.1, -0.05) is 24.3 Å². The number of aromatic nitrogens is 1. The van der Waals surface area contributed by atoms with E-state index in [1.165, 1.54) is 0 Å². The standard InChI is InChI=1S/C17H15NO2/c1-20-15-8-9-17(19)13(11-15)10-14-7-6-12-4-2-3-5-16(12)18-14/h2-9,11,19H,10H2,1H3. The number of hydrogen-bond acceptors (Lipinski definition) is 3. The van der Waals surface area contributed by atoms with Crippen molar-refractivity contribution in [2.24, 2.45) is 0 Å². The van der Waals surface area contributed by atoms with Crippen molar-refractivity contribution in [3.8, 4) is 11.5 Å². The number of phenolic OH excluding ortho intramolecular Hbond substituents is 1. The van der Waals surface area contributed by atoms with Gasteiger partial charge < -0.3 is 9.84 Å². The highest BCUT2D eigenvalue weighted by atomic mass is 16.5. The Bertz CT molecular complexity index is 753. The van der Waals surface area contributed by atoms with Gasteiger partial charge in [0.2, 0.25) is 0 Å². The molecule has 0 aliphatic heterocycles. The zero-order chi connectivity index (χ0) is 13.9. The number of benzene rings is 2. The second-order valence-corrected chi connectivity index (χ2v) is 4.67. The van der Waals surface area contributed by atoms with Crippen molar-refractivity contribution in [3.05, 3.63) is 65.9 Å². The van der Waals surface area contributed by atoms with Gasteiger partial charge in [-0.3, -0.25) is 4.98 Å². The second kappa shape index (κ2) is 5.21. The molecule has 0 amide bonds. The Morgan fingerprint density at radius 3 is 2.75 bits per heavy atom. The smallest absolute Gasteiger partial charge is 0.119 e. The van der Waals surface area contributed by atoms with E-state index in [4.69, 9.17) is 4.74 Å². The van der Waals surface area contributed by atoms with Gasteiger partial charge in [-0.05, 0) is 30.3 Å². The Balaban J connectivity index is 1.96. The van der Waals surface area contributed by atoms with Crippen molar-refractivity contribution in [1.29, 1.82) is 0 Å². The van der Waals surface area contributed by atoms with Crippen molar-refractivity contribution in [3.63, 3.8) is 0 Å². The van der Waals surface area contributed by atoms with Gasteiger partial charge in [0.05, 0.1) is 12.6 Å². The molecule has 0 aliphatic carbocycles. The van der Waals surface area contributed by atoms with Gasteiger partial charge in [-0.15, -0.1) is 0 Å². The van der Waals surface area contributed by atoms with Gasteiger partial charge in [0.15, 0.2) is 0 Å². The van der Waals surface area contributed by atoms with Crippen molar-refractivity contribution in [2.75, 3.05) is 7.11 Å². The van der Waals surface area contributed by atoms with Gasteiger partial charge >= 0.3 is 0 Å². The fourth-order valence-electron chi connectivity index (χ4n) is 2.23. The van der Waals surface area contributed by atoms with E-state index in [1.807, 2.05) is 36.4 Å². The third kappa shape index (κ3) is 2.43. The number of hydrogen-bond donors (Lipinski definition) is 1. The SMILES string of the molecule is COc1ccc(O)c(Cc2ccc3ccccc3n2)c1. The second-order valence-electron chi connectivity index (χ2n) is 4.67. The van der Waals surface area contributed by atoms with Crippen molar-refractivity contribution >= 4 is 10.9 Å². The average Bonchev–Trinajstić information content (AvgIpc) is 2.49. The molecule has 0 radical (unpaired) electrons. The van der Waals surface area contributed by atoms with E-state index in [9.17, 15) is 5.11 Å². The van der Waals surface area contributed by atoms with E-state index < -0.39 is 0 Å². The van der Waals surface area contributed by atoms with E-state index >= 15 is 0 Å². The van der Waals surface area contributed by atoms with Gasteiger partial charge in [0, 0.05) is 23.1 Å². The Kier molecular flexibility index (Phi) is 3.25. The monoisotopic (exact) mass is 265 g/mol. The van der Waals surface area contributed by atoms with Crippen LogP contribution in [0.4, 0.5) is 0 Å². The minimum absolute atomic E-state index is 0.265. The Morgan fingerprint density at radius 2 is 1.90 bits per heavy atom. The van der Waals surface area contributed by atoms with Gasteiger partial charge in [0.25, 0.3) is 0 Å². The van der Waals surface area contributed by atoms with E-state index in [0.717, 1.165) is 27.9 Å². The summed E-state index contributed by atoms with van der Waals surface area (Å²) in [5.74, 6) is 0.999. The van der Waals surface area contributed by atoms with E-state index in [0.29, 0.717) is 6.42 Å². The number of para-hydroxylation sites is 1. The molecule has 0 spiro atoms. The van der Waals surface area contributed by atoms with Crippen molar-refractivity contribution < 1.29 is 9.84 Å². The highest BCUT2D eigenvalue weighted by Crippen LogP contribution is 2.25. The van der Waals surface area contributed by atoms with E-state index in [2.05, 4.69) is 11.1 Å². The number of rotatable bonds is 3. The number of fused-ring (bicyclic) bond motifs is 1. The number of nitrogens with zero attached hydrogens (tertiary/aromatic N) is 1. The van der Waals surface area contributed by atoms with Crippen LogP contribution in [0.3, 0.4) is 0 Å². The van der Waals surface area contributed by atoms with Gasteiger partial charge in [-0.25, -0.2) is 0 Å². The van der Waals surface area contributed by atoms with Crippen LogP contribution >= 0.6 is 0 Å². The summed E-state index contributed by atoms with van der Waals surface area (Å²) >= 11 is 0. The Hall–Kier alpha value is -2.55. The summed E-state index contributed by atoms with van der Waals surface area (Å²) in [6, 6.07) is 17.3. The molecular weight excluding hydrogens is 250 g/mol. The molecule has 3 aromatic rings. The molecule has 1 aromatic heterocycles. The van der Waals surface area contributed by atoms with E-state index in [1.54, 1.807) is 19.2 Å². The predicted octanol–water partition coefficient (Wildman–Crippen LogP) is 3.54. The van der Waals surface area contributed by atoms with Crippen molar-refractivity contribution in [2.45, 2.75) is 6.42 Å². The summed E-state index contributed by atoms with van der Waals surface area (Å²) in [5, 5.41) is 11.0. The van der Waals surface area contributed by atoms with Crippen LogP contribution in [0.5, 0.6) is 11.5 Å². The van der Waals surface area contributed by atoms with Crippen LogP contribution < -0.4 is 4.74 Å². The first-order valence-electron chi connectivity index (χ1n) is 6.47. The first-order valence-corrected chi connectivity index (χ1v) is 6.47. The van der Waals surface area contributed by atoms with Crippen LogP contribution in [0.1, 0.15) is 11.3 Å². The zero-order valence-corrected chi connectivity index (χ0v) is 11.2. The summed E-state index contributed by atoms with van der Waals surface area (Å²) in [6.45, 7) is 0. The molecule has 0 fully saturated rings. The molecular formula is C17H15NO2. The summed E-state index contributed by atoms with van der Waals surface area (Å²) < 4.78 is 5.19. The number of ether oxygens (including phenoxy) is 1. The highest BCUT2D eigenvalue weighted by Gasteiger charge is 2.06. The fourth-order valence-corrected chi connectivity index (χ4v) is 2.23. The lowest BCUT2D eigenvalue weighted by atomic mass is 10.1. The molecule has 1 N–H and O–H groups in total. The zero-order valence-electron chi connectivity index (χ0n) is 11.2. The fraction of sp³-hybridized carbons (Fsp3) is 0.118. The molecule has 3 nitrogen and oxygen atoms in total. The van der Waals surface area contributed by atoms with Crippen molar-refractivity contribution in [1.82, 2.24) is 4.98 Å². The number of aromatic hydroxyl groups is 1. The molecule has 100 valence electrons. The third-order valence-electron chi connectivity index (χ3n) is 3.31. The van der Waals surface area contributed by atoms with Crippen LogP contribution in [-0.4, -0.2) is 17.2 Å². The normalized spacial score (nSPS) is 10.7. The van der Waals surface area contributed by atoms with Crippen LogP contribution in [0.25, 0.3) is 10.9 Å². The third-order valence-corrected chi connectivity index (χ3v) is 3.31. The highest BCUT2D eigenvalue weighted by molar-refractivity contribution is 5.78. The number of pyridine rings is 1. The molecule has 1 heterocycles. The molecule has 0 atom stereocenters. The molecule has 20 heavy (non-hydrogen) atoms. The molecule has 0 bridgehead atoms. The molecule has 0 saturated carbocycles. The maximum Gasteiger partial charge on any atom is 0.119 e.